The number of aromatic nitrogens is 4. The van der Waals surface area contributed by atoms with Gasteiger partial charge in [-0.2, -0.15) is 0 Å². The number of anilines is 1. The smallest absolute Gasteiger partial charge is 0.258 e. The van der Waals surface area contributed by atoms with Gasteiger partial charge in [0.2, 0.25) is 11.9 Å². The Labute approximate surface area is 173 Å². The molecule has 1 aliphatic rings. The lowest BCUT2D eigenvalue weighted by Crippen LogP contribution is -2.34. The SMILES string of the molecule is Cn1c(=O)cc(C(=O)Nc2ncn(CC(=O)N3CCCCCC3)n2)c2ccccc21. The quantitative estimate of drug-likeness (QED) is 0.709. The molecule has 1 aliphatic heterocycles. The van der Waals surface area contributed by atoms with E-state index in [0.717, 1.165) is 38.8 Å². The number of aryl methyl sites for hydroxylation is 1. The van der Waals surface area contributed by atoms with Crippen LogP contribution in [0.1, 0.15) is 36.0 Å². The van der Waals surface area contributed by atoms with Crippen molar-refractivity contribution < 1.29 is 9.59 Å². The topological polar surface area (TPSA) is 102 Å². The number of pyridine rings is 1. The maximum absolute atomic E-state index is 12.8. The second-order valence-electron chi connectivity index (χ2n) is 7.49. The van der Waals surface area contributed by atoms with Crippen molar-refractivity contribution in [3.63, 3.8) is 0 Å². The highest BCUT2D eigenvalue weighted by atomic mass is 16.2. The molecule has 1 N–H and O–H groups in total. The summed E-state index contributed by atoms with van der Waals surface area (Å²) in [6.07, 6.45) is 5.78. The number of hydrogen-bond acceptors (Lipinski definition) is 5. The molecule has 0 atom stereocenters. The van der Waals surface area contributed by atoms with E-state index < -0.39 is 5.91 Å². The van der Waals surface area contributed by atoms with Gasteiger partial charge in [-0.1, -0.05) is 31.0 Å². The summed E-state index contributed by atoms with van der Waals surface area (Å²) in [5.41, 5.74) is 0.641. The number of nitrogens with zero attached hydrogens (tertiary/aromatic N) is 5. The van der Waals surface area contributed by atoms with E-state index in [9.17, 15) is 14.4 Å². The minimum absolute atomic E-state index is 0.00257. The molecule has 1 aromatic carbocycles. The summed E-state index contributed by atoms with van der Waals surface area (Å²) >= 11 is 0. The van der Waals surface area contributed by atoms with Crippen LogP contribution >= 0.6 is 0 Å². The first-order chi connectivity index (χ1) is 14.5. The lowest BCUT2D eigenvalue weighted by atomic mass is 10.1. The van der Waals surface area contributed by atoms with Crippen LogP contribution in [-0.2, 0) is 18.4 Å². The number of amides is 2. The van der Waals surface area contributed by atoms with Crippen molar-refractivity contribution in [1.82, 2.24) is 24.2 Å². The first-order valence-electron chi connectivity index (χ1n) is 10.1. The summed E-state index contributed by atoms with van der Waals surface area (Å²) in [6.45, 7) is 1.62. The minimum atomic E-state index is -0.472. The fourth-order valence-corrected chi connectivity index (χ4v) is 3.75. The molecule has 0 unspecified atom stereocenters. The van der Waals surface area contributed by atoms with E-state index in [4.69, 9.17) is 0 Å². The molecule has 0 spiro atoms. The lowest BCUT2D eigenvalue weighted by Gasteiger charge is -2.19. The van der Waals surface area contributed by atoms with Crippen LogP contribution < -0.4 is 10.9 Å². The molecule has 3 aromatic rings. The highest BCUT2D eigenvalue weighted by molar-refractivity contribution is 6.11. The first kappa shape index (κ1) is 19.8. The minimum Gasteiger partial charge on any atom is -0.341 e. The average molecular weight is 408 g/mol. The summed E-state index contributed by atoms with van der Waals surface area (Å²) in [5.74, 6) is -0.383. The molecule has 9 nitrogen and oxygen atoms in total. The number of para-hydroxylation sites is 1. The molecule has 30 heavy (non-hydrogen) atoms. The Morgan fingerprint density at radius 1 is 1.10 bits per heavy atom. The largest absolute Gasteiger partial charge is 0.341 e. The van der Waals surface area contributed by atoms with Gasteiger partial charge in [0.25, 0.3) is 11.5 Å². The van der Waals surface area contributed by atoms with Crippen LogP contribution in [0.4, 0.5) is 5.95 Å². The Bertz CT molecular complexity index is 1140. The number of nitrogens with one attached hydrogen (secondary N) is 1. The third-order valence-electron chi connectivity index (χ3n) is 5.42. The number of benzene rings is 1. The van der Waals surface area contributed by atoms with Gasteiger partial charge in [-0.25, -0.2) is 9.67 Å². The lowest BCUT2D eigenvalue weighted by molar-refractivity contribution is -0.132. The molecular formula is C21H24N6O3. The fraction of sp³-hybridized carbons (Fsp3) is 0.381. The van der Waals surface area contributed by atoms with Gasteiger partial charge >= 0.3 is 0 Å². The van der Waals surface area contributed by atoms with Crippen molar-refractivity contribution in [3.05, 3.63) is 52.6 Å². The number of carbonyl (C=O) groups excluding carboxylic acids is 2. The molecule has 1 fully saturated rings. The van der Waals surface area contributed by atoms with E-state index in [-0.39, 0.29) is 29.5 Å². The van der Waals surface area contributed by atoms with E-state index >= 15 is 0 Å². The number of hydrogen-bond donors (Lipinski definition) is 1. The third-order valence-corrected chi connectivity index (χ3v) is 5.42. The van der Waals surface area contributed by atoms with E-state index in [1.54, 1.807) is 19.2 Å². The molecule has 3 heterocycles. The van der Waals surface area contributed by atoms with Crippen LogP contribution in [-0.4, -0.2) is 49.1 Å². The Morgan fingerprint density at radius 3 is 2.60 bits per heavy atom. The number of likely N-dealkylation sites (tertiary alicyclic amines) is 1. The first-order valence-corrected chi connectivity index (χ1v) is 10.1. The van der Waals surface area contributed by atoms with E-state index in [1.807, 2.05) is 17.0 Å². The highest BCUT2D eigenvalue weighted by Crippen LogP contribution is 2.17. The highest BCUT2D eigenvalue weighted by Gasteiger charge is 2.18. The van der Waals surface area contributed by atoms with Crippen molar-refractivity contribution in [3.8, 4) is 0 Å². The van der Waals surface area contributed by atoms with Crippen LogP contribution in [0.2, 0.25) is 0 Å². The van der Waals surface area contributed by atoms with Crippen molar-refractivity contribution in [2.75, 3.05) is 18.4 Å². The number of carbonyl (C=O) groups is 2. The van der Waals surface area contributed by atoms with Gasteiger partial charge in [0.15, 0.2) is 0 Å². The Kier molecular flexibility index (Phi) is 5.60. The van der Waals surface area contributed by atoms with Gasteiger partial charge in [-0.3, -0.25) is 19.7 Å². The van der Waals surface area contributed by atoms with Crippen molar-refractivity contribution in [2.24, 2.45) is 7.05 Å². The molecule has 2 amide bonds. The molecule has 0 radical (unpaired) electrons. The van der Waals surface area contributed by atoms with Gasteiger partial charge in [0, 0.05) is 31.6 Å². The number of rotatable bonds is 4. The van der Waals surface area contributed by atoms with Crippen LogP contribution in [0.15, 0.2) is 41.5 Å². The van der Waals surface area contributed by atoms with Crippen LogP contribution in [0.3, 0.4) is 0 Å². The molecule has 0 aliphatic carbocycles. The molecule has 9 heteroatoms. The maximum Gasteiger partial charge on any atom is 0.258 e. The molecule has 0 saturated carbocycles. The summed E-state index contributed by atoms with van der Waals surface area (Å²) < 4.78 is 2.92. The van der Waals surface area contributed by atoms with E-state index in [0.29, 0.717) is 10.9 Å². The second kappa shape index (κ2) is 8.48. The van der Waals surface area contributed by atoms with Gasteiger partial charge in [-0.05, 0) is 18.9 Å². The third kappa shape index (κ3) is 4.10. The van der Waals surface area contributed by atoms with Gasteiger partial charge in [-0.15, -0.1) is 5.10 Å². The monoisotopic (exact) mass is 408 g/mol. The number of fused-ring (bicyclic) bond motifs is 1. The Morgan fingerprint density at radius 2 is 1.83 bits per heavy atom. The van der Waals surface area contributed by atoms with Gasteiger partial charge < -0.3 is 9.47 Å². The standard InChI is InChI=1S/C21H24N6O3/c1-25-17-9-5-4-8-15(17)16(12-18(25)28)20(30)23-21-22-14-27(24-21)13-19(29)26-10-6-2-3-7-11-26/h4-5,8-9,12,14H,2-3,6-7,10-11,13H2,1H3,(H,23,24,30). The van der Waals surface area contributed by atoms with E-state index in [2.05, 4.69) is 15.4 Å². The summed E-state index contributed by atoms with van der Waals surface area (Å²) in [6, 6.07) is 8.50. The zero-order chi connectivity index (χ0) is 21.1. The predicted octanol–water partition coefficient (Wildman–Crippen LogP) is 1.78. The van der Waals surface area contributed by atoms with Gasteiger partial charge in [0.05, 0.1) is 11.1 Å². The molecular weight excluding hydrogens is 384 g/mol. The zero-order valence-electron chi connectivity index (χ0n) is 16.9. The Hall–Kier alpha value is -3.49. The molecule has 1 saturated heterocycles. The summed E-state index contributed by atoms with van der Waals surface area (Å²) in [7, 11) is 1.66. The predicted molar refractivity (Wildman–Crippen MR) is 112 cm³/mol. The zero-order valence-corrected chi connectivity index (χ0v) is 16.9. The van der Waals surface area contributed by atoms with Crippen LogP contribution in [0.5, 0.6) is 0 Å². The van der Waals surface area contributed by atoms with Crippen molar-refractivity contribution in [2.45, 2.75) is 32.2 Å². The summed E-state index contributed by atoms with van der Waals surface area (Å²) in [4.78, 5) is 43.4. The molecule has 4 rings (SSSR count). The van der Waals surface area contributed by atoms with Gasteiger partial charge in [0.1, 0.15) is 12.9 Å². The fourth-order valence-electron chi connectivity index (χ4n) is 3.75. The van der Waals surface area contributed by atoms with Crippen LogP contribution in [0, 0.1) is 0 Å². The normalized spacial score (nSPS) is 14.5. The molecule has 156 valence electrons. The average Bonchev–Trinajstić information content (AvgIpc) is 3.00. The summed E-state index contributed by atoms with van der Waals surface area (Å²) in [5, 5.41) is 7.48. The molecule has 0 bridgehead atoms. The Balaban J connectivity index is 1.48. The second-order valence-corrected chi connectivity index (χ2v) is 7.49. The van der Waals surface area contributed by atoms with Crippen LogP contribution in [0.25, 0.3) is 10.9 Å². The van der Waals surface area contributed by atoms with Crippen molar-refractivity contribution in [1.29, 1.82) is 0 Å². The maximum atomic E-state index is 12.8. The van der Waals surface area contributed by atoms with E-state index in [1.165, 1.54) is 21.6 Å². The molecule has 2 aromatic heterocycles. The van der Waals surface area contributed by atoms with Crippen molar-refractivity contribution >= 4 is 28.7 Å².